The van der Waals surface area contributed by atoms with Crippen molar-refractivity contribution in [3.63, 3.8) is 0 Å². The highest BCUT2D eigenvalue weighted by atomic mass is 19.1. The van der Waals surface area contributed by atoms with E-state index >= 15 is 0 Å². The fourth-order valence-corrected chi connectivity index (χ4v) is 3.20. The summed E-state index contributed by atoms with van der Waals surface area (Å²) in [7, 11) is 1.90. The zero-order valence-electron chi connectivity index (χ0n) is 12.4. The van der Waals surface area contributed by atoms with Crippen LogP contribution in [0.25, 0.3) is 0 Å². The number of hydrogen-bond donors (Lipinski definition) is 1. The van der Waals surface area contributed by atoms with Crippen molar-refractivity contribution in [3.8, 4) is 0 Å². The van der Waals surface area contributed by atoms with Gasteiger partial charge in [0.15, 0.2) is 0 Å². The molecule has 0 amide bonds. The van der Waals surface area contributed by atoms with Crippen molar-refractivity contribution in [2.45, 2.75) is 39.8 Å². The van der Waals surface area contributed by atoms with Gasteiger partial charge in [-0.05, 0) is 56.0 Å². The lowest BCUT2D eigenvalue weighted by Gasteiger charge is -2.43. The molecule has 1 aromatic carbocycles. The van der Waals surface area contributed by atoms with Gasteiger partial charge in [0.25, 0.3) is 0 Å². The Bertz CT molecular complexity index is 433. The largest absolute Gasteiger partial charge is 0.368 e. The number of benzene rings is 1. The van der Waals surface area contributed by atoms with Gasteiger partial charge in [0, 0.05) is 24.8 Å². The summed E-state index contributed by atoms with van der Waals surface area (Å²) in [5.74, 6) is 1.22. The molecule has 0 aliphatic carbocycles. The molecule has 2 rings (SSSR count). The van der Waals surface area contributed by atoms with Crippen LogP contribution in [0.4, 0.5) is 10.1 Å². The van der Waals surface area contributed by atoms with Gasteiger partial charge < -0.3 is 10.2 Å². The highest BCUT2D eigenvalue weighted by Crippen LogP contribution is 2.33. The van der Waals surface area contributed by atoms with Crippen LogP contribution in [-0.4, -0.2) is 19.6 Å². The molecule has 0 saturated carbocycles. The minimum absolute atomic E-state index is 0.153. The maximum Gasteiger partial charge on any atom is 0.123 e. The predicted molar refractivity (Wildman–Crippen MR) is 78.9 cm³/mol. The topological polar surface area (TPSA) is 15.3 Å². The summed E-state index contributed by atoms with van der Waals surface area (Å²) in [6, 6.07) is 5.67. The number of halogens is 1. The van der Waals surface area contributed by atoms with E-state index in [2.05, 4.69) is 31.0 Å². The Morgan fingerprint density at radius 2 is 2.05 bits per heavy atom. The fourth-order valence-electron chi connectivity index (χ4n) is 3.20. The molecule has 3 atom stereocenters. The van der Waals surface area contributed by atoms with Gasteiger partial charge in [-0.1, -0.05) is 13.8 Å². The van der Waals surface area contributed by atoms with Gasteiger partial charge in [-0.15, -0.1) is 0 Å². The van der Waals surface area contributed by atoms with E-state index in [4.69, 9.17) is 0 Å². The van der Waals surface area contributed by atoms with Crippen molar-refractivity contribution in [1.82, 2.24) is 5.32 Å². The van der Waals surface area contributed by atoms with Crippen LogP contribution in [-0.2, 0) is 6.54 Å². The van der Waals surface area contributed by atoms with Gasteiger partial charge in [-0.2, -0.15) is 0 Å². The Morgan fingerprint density at radius 1 is 1.32 bits per heavy atom. The number of hydrogen-bond acceptors (Lipinski definition) is 2. The first-order valence-corrected chi connectivity index (χ1v) is 7.22. The molecule has 1 saturated heterocycles. The maximum atomic E-state index is 13.4. The minimum Gasteiger partial charge on any atom is -0.368 e. The molecule has 2 nitrogen and oxygen atoms in total. The standard InChI is InChI=1S/C16H25FN2/c1-11-7-12(2)13(3)19(10-11)16-6-5-15(17)8-14(16)9-18-4/h5-6,8,11-13,18H,7,9-10H2,1-4H3. The first-order valence-electron chi connectivity index (χ1n) is 7.22. The average Bonchev–Trinajstić information content (AvgIpc) is 2.35. The monoisotopic (exact) mass is 264 g/mol. The van der Waals surface area contributed by atoms with E-state index in [1.807, 2.05) is 13.1 Å². The quantitative estimate of drug-likeness (QED) is 0.900. The zero-order valence-corrected chi connectivity index (χ0v) is 12.4. The van der Waals surface area contributed by atoms with E-state index < -0.39 is 0 Å². The van der Waals surface area contributed by atoms with Crippen molar-refractivity contribution in [2.24, 2.45) is 11.8 Å². The molecule has 1 aliphatic heterocycles. The van der Waals surface area contributed by atoms with Crippen molar-refractivity contribution in [2.75, 3.05) is 18.5 Å². The van der Waals surface area contributed by atoms with Gasteiger partial charge in [-0.3, -0.25) is 0 Å². The van der Waals surface area contributed by atoms with E-state index in [-0.39, 0.29) is 5.82 Å². The normalized spacial score (nSPS) is 27.6. The highest BCUT2D eigenvalue weighted by Gasteiger charge is 2.29. The Kier molecular flexibility index (Phi) is 4.46. The third-order valence-electron chi connectivity index (χ3n) is 4.32. The van der Waals surface area contributed by atoms with E-state index in [0.717, 1.165) is 12.1 Å². The van der Waals surface area contributed by atoms with E-state index in [1.54, 1.807) is 12.1 Å². The van der Waals surface area contributed by atoms with Gasteiger partial charge in [0.05, 0.1) is 0 Å². The molecule has 1 heterocycles. The Labute approximate surface area is 116 Å². The van der Waals surface area contributed by atoms with Crippen LogP contribution in [0.1, 0.15) is 32.8 Å². The van der Waals surface area contributed by atoms with E-state index in [0.29, 0.717) is 24.4 Å². The van der Waals surface area contributed by atoms with E-state index in [9.17, 15) is 4.39 Å². The molecule has 1 fully saturated rings. The second kappa shape index (κ2) is 5.91. The van der Waals surface area contributed by atoms with Crippen LogP contribution in [0, 0.1) is 17.7 Å². The van der Waals surface area contributed by atoms with Crippen molar-refractivity contribution < 1.29 is 4.39 Å². The molecule has 3 heteroatoms. The summed E-state index contributed by atoms with van der Waals surface area (Å²) in [6.07, 6.45) is 1.28. The smallest absolute Gasteiger partial charge is 0.123 e. The molecule has 106 valence electrons. The number of anilines is 1. The Balaban J connectivity index is 2.33. The average molecular weight is 264 g/mol. The first kappa shape index (κ1) is 14.3. The zero-order chi connectivity index (χ0) is 14.0. The molecule has 1 aliphatic rings. The van der Waals surface area contributed by atoms with Crippen LogP contribution in [0.2, 0.25) is 0 Å². The van der Waals surface area contributed by atoms with Crippen molar-refractivity contribution in [3.05, 3.63) is 29.6 Å². The number of nitrogens with zero attached hydrogens (tertiary/aromatic N) is 1. The summed E-state index contributed by atoms with van der Waals surface area (Å²) < 4.78 is 13.4. The number of nitrogens with one attached hydrogen (secondary N) is 1. The molecule has 0 aromatic heterocycles. The van der Waals surface area contributed by atoms with Crippen LogP contribution in [0.15, 0.2) is 18.2 Å². The second-order valence-corrected chi connectivity index (χ2v) is 6.01. The van der Waals surface area contributed by atoms with Gasteiger partial charge in [0.1, 0.15) is 5.82 Å². The number of rotatable bonds is 3. The molecular formula is C16H25FN2. The van der Waals surface area contributed by atoms with Crippen LogP contribution < -0.4 is 10.2 Å². The summed E-state index contributed by atoms with van der Waals surface area (Å²) in [6.45, 7) is 8.67. The van der Waals surface area contributed by atoms with E-state index in [1.165, 1.54) is 12.1 Å². The van der Waals surface area contributed by atoms with Crippen LogP contribution >= 0.6 is 0 Å². The predicted octanol–water partition coefficient (Wildman–Crippen LogP) is 3.42. The summed E-state index contributed by atoms with van der Waals surface area (Å²) in [5, 5.41) is 3.13. The van der Waals surface area contributed by atoms with Gasteiger partial charge in [0.2, 0.25) is 0 Å². The summed E-state index contributed by atoms with van der Waals surface area (Å²) in [5.41, 5.74) is 2.23. The van der Waals surface area contributed by atoms with Crippen LogP contribution in [0.5, 0.6) is 0 Å². The molecule has 1 N–H and O–H groups in total. The van der Waals surface area contributed by atoms with Crippen molar-refractivity contribution in [1.29, 1.82) is 0 Å². The lowest BCUT2D eigenvalue weighted by molar-refractivity contribution is 0.296. The molecular weight excluding hydrogens is 239 g/mol. The molecule has 0 radical (unpaired) electrons. The summed E-state index contributed by atoms with van der Waals surface area (Å²) >= 11 is 0. The number of piperidine rings is 1. The van der Waals surface area contributed by atoms with Gasteiger partial charge in [-0.25, -0.2) is 4.39 Å². The fraction of sp³-hybridized carbons (Fsp3) is 0.625. The Hall–Kier alpha value is -1.09. The lowest BCUT2D eigenvalue weighted by Crippen LogP contribution is -2.46. The van der Waals surface area contributed by atoms with Gasteiger partial charge >= 0.3 is 0 Å². The Morgan fingerprint density at radius 3 is 2.74 bits per heavy atom. The van der Waals surface area contributed by atoms with Crippen molar-refractivity contribution >= 4 is 5.69 Å². The minimum atomic E-state index is -0.153. The molecule has 0 spiro atoms. The molecule has 19 heavy (non-hydrogen) atoms. The third kappa shape index (κ3) is 3.08. The van der Waals surface area contributed by atoms with Crippen LogP contribution in [0.3, 0.4) is 0 Å². The molecule has 1 aromatic rings. The summed E-state index contributed by atoms with van der Waals surface area (Å²) in [4.78, 5) is 2.45. The third-order valence-corrected chi connectivity index (χ3v) is 4.32. The highest BCUT2D eigenvalue weighted by molar-refractivity contribution is 5.55. The first-order chi connectivity index (χ1) is 9.02. The lowest BCUT2D eigenvalue weighted by atomic mass is 9.85. The SMILES string of the molecule is CNCc1cc(F)ccc1N1CC(C)CC(C)C1C. The maximum absolute atomic E-state index is 13.4. The molecule has 0 bridgehead atoms. The second-order valence-electron chi connectivity index (χ2n) is 6.01. The molecule has 3 unspecified atom stereocenters.